The lowest BCUT2D eigenvalue weighted by Gasteiger charge is -2.21. The fraction of sp³-hybridized carbons (Fsp3) is 0.409. The number of methoxy groups -OCH3 is 1. The smallest absolute Gasteiger partial charge is 0.220 e. The number of carbonyl (C=O) groups excluding carboxylic acids is 1. The first-order valence-electron chi connectivity index (χ1n) is 9.29. The van der Waals surface area contributed by atoms with Gasteiger partial charge in [-0.05, 0) is 60.7 Å². The third-order valence-corrected chi connectivity index (χ3v) is 4.44. The number of ether oxygens (including phenoxy) is 2. The van der Waals surface area contributed by atoms with Gasteiger partial charge < -0.3 is 14.8 Å². The van der Waals surface area contributed by atoms with Crippen molar-refractivity contribution in [2.75, 3.05) is 13.7 Å². The maximum Gasteiger partial charge on any atom is 0.220 e. The normalized spacial score (nSPS) is 11.9. The third kappa shape index (κ3) is 7.51. The first kappa shape index (κ1) is 21.1. The van der Waals surface area contributed by atoms with Gasteiger partial charge >= 0.3 is 0 Å². The summed E-state index contributed by atoms with van der Waals surface area (Å²) < 4.78 is 10.8. The molecule has 0 aliphatic rings. The van der Waals surface area contributed by atoms with E-state index in [-0.39, 0.29) is 11.9 Å². The van der Waals surface area contributed by atoms with Gasteiger partial charge in [0.1, 0.15) is 11.5 Å². The Morgan fingerprint density at radius 2 is 1.67 bits per heavy atom. The SMILES string of the molecule is COc1ccc([C@@H](CC(C)C)NC(=O)CCCOc2ccc(Cl)cc2)cc1. The summed E-state index contributed by atoms with van der Waals surface area (Å²) in [5, 5.41) is 3.83. The largest absolute Gasteiger partial charge is 0.497 e. The van der Waals surface area contributed by atoms with Crippen LogP contribution in [-0.2, 0) is 4.79 Å². The number of carbonyl (C=O) groups is 1. The molecule has 0 spiro atoms. The van der Waals surface area contributed by atoms with Crippen LogP contribution in [0.15, 0.2) is 48.5 Å². The fourth-order valence-corrected chi connectivity index (χ4v) is 2.93. The van der Waals surface area contributed by atoms with E-state index in [0.29, 0.717) is 30.4 Å². The van der Waals surface area contributed by atoms with Gasteiger partial charge in [-0.25, -0.2) is 0 Å². The van der Waals surface area contributed by atoms with Gasteiger partial charge in [0.15, 0.2) is 0 Å². The molecule has 4 nitrogen and oxygen atoms in total. The molecule has 0 aromatic heterocycles. The van der Waals surface area contributed by atoms with E-state index in [1.54, 1.807) is 19.2 Å². The zero-order valence-electron chi connectivity index (χ0n) is 16.2. The minimum absolute atomic E-state index is 0.000546. The molecule has 0 saturated heterocycles. The molecular formula is C22H28ClNO3. The van der Waals surface area contributed by atoms with Crippen molar-refractivity contribution in [1.82, 2.24) is 5.32 Å². The molecule has 0 aliphatic carbocycles. The number of nitrogens with one attached hydrogen (secondary N) is 1. The molecule has 0 bridgehead atoms. The lowest BCUT2D eigenvalue weighted by molar-refractivity contribution is -0.122. The van der Waals surface area contributed by atoms with Crippen LogP contribution < -0.4 is 14.8 Å². The van der Waals surface area contributed by atoms with E-state index in [4.69, 9.17) is 21.1 Å². The maximum atomic E-state index is 12.4. The summed E-state index contributed by atoms with van der Waals surface area (Å²) in [6, 6.07) is 15.1. The Balaban J connectivity index is 1.82. The van der Waals surface area contributed by atoms with Crippen molar-refractivity contribution >= 4 is 17.5 Å². The first-order chi connectivity index (χ1) is 13.0. The Hall–Kier alpha value is -2.20. The summed E-state index contributed by atoms with van der Waals surface area (Å²) in [5.41, 5.74) is 1.09. The van der Waals surface area contributed by atoms with Crippen LogP contribution in [0.1, 0.15) is 44.7 Å². The first-order valence-corrected chi connectivity index (χ1v) is 9.67. The van der Waals surface area contributed by atoms with Crippen LogP contribution in [0.3, 0.4) is 0 Å². The highest BCUT2D eigenvalue weighted by atomic mass is 35.5. The minimum atomic E-state index is 0.000546. The molecule has 1 N–H and O–H groups in total. The van der Waals surface area contributed by atoms with Crippen molar-refractivity contribution in [2.24, 2.45) is 5.92 Å². The number of benzene rings is 2. The number of halogens is 1. The summed E-state index contributed by atoms with van der Waals surface area (Å²) in [4.78, 5) is 12.4. The molecular weight excluding hydrogens is 362 g/mol. The summed E-state index contributed by atoms with van der Waals surface area (Å²) in [6.45, 7) is 4.80. The van der Waals surface area contributed by atoms with Crippen molar-refractivity contribution in [3.05, 3.63) is 59.1 Å². The van der Waals surface area contributed by atoms with E-state index in [0.717, 1.165) is 23.5 Å². The Labute approximate surface area is 166 Å². The summed E-state index contributed by atoms with van der Waals surface area (Å²) >= 11 is 5.85. The van der Waals surface area contributed by atoms with E-state index < -0.39 is 0 Å². The monoisotopic (exact) mass is 389 g/mol. The molecule has 1 amide bonds. The number of rotatable bonds is 10. The molecule has 2 rings (SSSR count). The summed E-state index contributed by atoms with van der Waals surface area (Å²) in [6.07, 6.45) is 1.98. The Bertz CT molecular complexity index is 699. The van der Waals surface area contributed by atoms with Crippen LogP contribution in [0.5, 0.6) is 11.5 Å². The second-order valence-corrected chi connectivity index (χ2v) is 7.37. The van der Waals surface area contributed by atoms with Crippen LogP contribution in [0, 0.1) is 5.92 Å². The van der Waals surface area contributed by atoms with Gasteiger partial charge in [-0.2, -0.15) is 0 Å². The summed E-state index contributed by atoms with van der Waals surface area (Å²) in [7, 11) is 1.65. The van der Waals surface area contributed by atoms with E-state index in [9.17, 15) is 4.79 Å². The predicted molar refractivity (Wildman–Crippen MR) is 110 cm³/mol. The van der Waals surface area contributed by atoms with Gasteiger partial charge in [-0.1, -0.05) is 37.6 Å². The quantitative estimate of drug-likeness (QED) is 0.552. The van der Waals surface area contributed by atoms with Crippen LogP contribution >= 0.6 is 11.6 Å². The maximum absolute atomic E-state index is 12.4. The Morgan fingerprint density at radius 3 is 2.26 bits per heavy atom. The molecule has 0 heterocycles. The molecule has 0 aliphatic heterocycles. The predicted octanol–water partition coefficient (Wildman–Crippen LogP) is 5.41. The van der Waals surface area contributed by atoms with Crippen LogP contribution in [0.25, 0.3) is 0 Å². The Kier molecular flexibility index (Phi) is 8.46. The molecule has 2 aromatic rings. The van der Waals surface area contributed by atoms with Crippen LogP contribution in [-0.4, -0.2) is 19.6 Å². The summed E-state index contributed by atoms with van der Waals surface area (Å²) in [5.74, 6) is 2.09. The van der Waals surface area contributed by atoms with Gasteiger partial charge in [0.05, 0.1) is 19.8 Å². The molecule has 2 aromatic carbocycles. The number of amides is 1. The van der Waals surface area contributed by atoms with Gasteiger partial charge in [-0.3, -0.25) is 4.79 Å². The molecule has 146 valence electrons. The highest BCUT2D eigenvalue weighted by molar-refractivity contribution is 6.30. The van der Waals surface area contributed by atoms with Crippen LogP contribution in [0.4, 0.5) is 0 Å². The van der Waals surface area contributed by atoms with Crippen molar-refractivity contribution in [2.45, 2.75) is 39.2 Å². The molecule has 1 atom stereocenters. The van der Waals surface area contributed by atoms with Gasteiger partial charge in [0, 0.05) is 11.4 Å². The average molecular weight is 390 g/mol. The van der Waals surface area contributed by atoms with Crippen molar-refractivity contribution < 1.29 is 14.3 Å². The van der Waals surface area contributed by atoms with E-state index in [1.807, 2.05) is 36.4 Å². The molecule has 0 radical (unpaired) electrons. The zero-order chi connectivity index (χ0) is 19.6. The third-order valence-electron chi connectivity index (χ3n) is 4.19. The van der Waals surface area contributed by atoms with Gasteiger partial charge in [-0.15, -0.1) is 0 Å². The number of hydrogen-bond donors (Lipinski definition) is 1. The molecule has 0 unspecified atom stereocenters. The average Bonchev–Trinajstić information content (AvgIpc) is 2.66. The van der Waals surface area contributed by atoms with Gasteiger partial charge in [0.2, 0.25) is 5.91 Å². The van der Waals surface area contributed by atoms with E-state index in [2.05, 4.69) is 19.2 Å². The molecule has 5 heteroatoms. The van der Waals surface area contributed by atoms with E-state index in [1.165, 1.54) is 0 Å². The highest BCUT2D eigenvalue weighted by Gasteiger charge is 2.16. The standard InChI is InChI=1S/C22H28ClNO3/c1-16(2)15-21(17-6-10-19(26-3)11-7-17)24-22(25)5-4-14-27-20-12-8-18(23)9-13-20/h6-13,16,21H,4-5,14-15H2,1-3H3,(H,24,25)/t21-/m1/s1. The highest BCUT2D eigenvalue weighted by Crippen LogP contribution is 2.24. The van der Waals surface area contributed by atoms with Crippen molar-refractivity contribution in [1.29, 1.82) is 0 Å². The lowest BCUT2D eigenvalue weighted by atomic mass is 9.96. The second-order valence-electron chi connectivity index (χ2n) is 6.93. The molecule has 0 saturated carbocycles. The van der Waals surface area contributed by atoms with E-state index >= 15 is 0 Å². The zero-order valence-corrected chi connectivity index (χ0v) is 17.0. The Morgan fingerprint density at radius 1 is 1.04 bits per heavy atom. The van der Waals surface area contributed by atoms with Crippen molar-refractivity contribution in [3.63, 3.8) is 0 Å². The second kappa shape index (κ2) is 10.8. The lowest BCUT2D eigenvalue weighted by Crippen LogP contribution is -2.29. The van der Waals surface area contributed by atoms with Crippen LogP contribution in [0.2, 0.25) is 5.02 Å². The fourth-order valence-electron chi connectivity index (χ4n) is 2.81. The number of hydrogen-bond acceptors (Lipinski definition) is 3. The van der Waals surface area contributed by atoms with Gasteiger partial charge in [0.25, 0.3) is 0 Å². The minimum Gasteiger partial charge on any atom is -0.497 e. The molecule has 0 fully saturated rings. The molecule has 27 heavy (non-hydrogen) atoms. The topological polar surface area (TPSA) is 47.6 Å². The van der Waals surface area contributed by atoms with Crippen molar-refractivity contribution in [3.8, 4) is 11.5 Å².